The van der Waals surface area contributed by atoms with Crippen LogP contribution < -0.4 is 0 Å². The van der Waals surface area contributed by atoms with Crippen molar-refractivity contribution >= 4 is 65.0 Å². The Kier molecular flexibility index (Phi) is 6.38. The first-order valence-electron chi connectivity index (χ1n) is 18.1. The zero-order valence-corrected chi connectivity index (χ0v) is 29.2. The molecule has 0 amide bonds. The summed E-state index contributed by atoms with van der Waals surface area (Å²) in [5.41, 5.74) is 13.2. The zero-order chi connectivity index (χ0) is 35.2. The van der Waals surface area contributed by atoms with Crippen LogP contribution in [0.5, 0.6) is 0 Å². The molecule has 0 atom stereocenters. The second-order valence-corrected chi connectivity index (χ2v) is 14.1. The standard InChI is InChI=1S/C50H32O3/c1-29-25-51-27-42(29)47-35-17-7-3-13-31(35)45(32-14-4-8-18-36(32)47)39-21-12-24-44-49(39)41-23-11-22-40(50(41)53-44)46-33-15-5-9-19-37(33)48(43-28-52-26-30(43)2)38-20-10-6-16-34(38)46/h3-28H,1-2H3. The molecule has 11 aromatic rings. The molecular weight excluding hydrogens is 649 g/mol. The highest BCUT2D eigenvalue weighted by molar-refractivity contribution is 6.28. The van der Waals surface area contributed by atoms with Gasteiger partial charge in [-0.3, -0.25) is 0 Å². The second kappa shape index (κ2) is 11.3. The van der Waals surface area contributed by atoms with Gasteiger partial charge in [-0.15, -0.1) is 0 Å². The van der Waals surface area contributed by atoms with Gasteiger partial charge in [-0.1, -0.05) is 127 Å². The number of hydrogen-bond donors (Lipinski definition) is 0. The number of benzene rings is 8. The van der Waals surface area contributed by atoms with Crippen LogP contribution >= 0.6 is 0 Å². The van der Waals surface area contributed by atoms with Crippen molar-refractivity contribution < 1.29 is 13.3 Å². The van der Waals surface area contributed by atoms with E-state index in [1.807, 2.05) is 25.1 Å². The molecule has 3 heterocycles. The fourth-order valence-electron chi connectivity index (χ4n) is 8.90. The minimum Gasteiger partial charge on any atom is -0.472 e. The smallest absolute Gasteiger partial charge is 0.143 e. The van der Waals surface area contributed by atoms with Gasteiger partial charge in [-0.2, -0.15) is 0 Å². The van der Waals surface area contributed by atoms with Crippen molar-refractivity contribution in [2.45, 2.75) is 13.8 Å². The van der Waals surface area contributed by atoms with E-state index in [0.717, 1.165) is 55.3 Å². The molecule has 0 aliphatic rings. The Hall–Kier alpha value is -6.84. The normalized spacial score (nSPS) is 12.0. The quantitative estimate of drug-likeness (QED) is 0.174. The molecule has 0 unspecified atom stereocenters. The molecule has 0 fully saturated rings. The predicted molar refractivity (Wildman–Crippen MR) is 219 cm³/mol. The third-order valence-corrected chi connectivity index (χ3v) is 11.2. The summed E-state index contributed by atoms with van der Waals surface area (Å²) in [7, 11) is 0. The molecule has 0 saturated carbocycles. The Bertz CT molecular complexity index is 3140. The van der Waals surface area contributed by atoms with Crippen LogP contribution in [-0.2, 0) is 0 Å². The first-order chi connectivity index (χ1) is 26.2. The van der Waals surface area contributed by atoms with Crippen LogP contribution in [-0.4, -0.2) is 0 Å². The highest BCUT2D eigenvalue weighted by Gasteiger charge is 2.24. The summed E-state index contributed by atoms with van der Waals surface area (Å²) in [5.74, 6) is 0. The highest BCUT2D eigenvalue weighted by atomic mass is 16.3. The molecule has 8 aromatic carbocycles. The first-order valence-corrected chi connectivity index (χ1v) is 18.1. The number of fused-ring (bicyclic) bond motifs is 7. The first kappa shape index (κ1) is 29.8. The molecule has 3 nitrogen and oxygen atoms in total. The van der Waals surface area contributed by atoms with Crippen molar-refractivity contribution in [3.05, 3.63) is 170 Å². The Morgan fingerprint density at radius 3 is 1.09 bits per heavy atom. The number of rotatable bonds is 4. The largest absolute Gasteiger partial charge is 0.472 e. The van der Waals surface area contributed by atoms with E-state index in [-0.39, 0.29) is 0 Å². The van der Waals surface area contributed by atoms with Gasteiger partial charge in [0.25, 0.3) is 0 Å². The van der Waals surface area contributed by atoms with Gasteiger partial charge in [0, 0.05) is 44.2 Å². The summed E-state index contributed by atoms with van der Waals surface area (Å²) in [6.45, 7) is 4.23. The van der Waals surface area contributed by atoms with Crippen molar-refractivity contribution in [1.29, 1.82) is 0 Å². The lowest BCUT2D eigenvalue weighted by Crippen LogP contribution is -1.91. The van der Waals surface area contributed by atoms with Gasteiger partial charge in [-0.05, 0) is 85.3 Å². The summed E-state index contributed by atoms with van der Waals surface area (Å²) >= 11 is 0. The Balaban J connectivity index is 1.25. The average molecular weight is 681 g/mol. The minimum absolute atomic E-state index is 0.868. The molecule has 11 rings (SSSR count). The molecule has 53 heavy (non-hydrogen) atoms. The van der Waals surface area contributed by atoms with Crippen LogP contribution in [0.4, 0.5) is 0 Å². The van der Waals surface area contributed by atoms with Crippen LogP contribution in [0.1, 0.15) is 11.1 Å². The molecule has 3 heteroatoms. The maximum atomic E-state index is 7.01. The van der Waals surface area contributed by atoms with E-state index in [9.17, 15) is 0 Å². The van der Waals surface area contributed by atoms with Crippen LogP contribution in [0.25, 0.3) is 110 Å². The van der Waals surface area contributed by atoms with Gasteiger partial charge in [0.05, 0.1) is 25.1 Å². The fourth-order valence-corrected chi connectivity index (χ4v) is 8.90. The molecule has 0 radical (unpaired) electrons. The van der Waals surface area contributed by atoms with Gasteiger partial charge < -0.3 is 13.3 Å². The summed E-state index contributed by atoms with van der Waals surface area (Å²) < 4.78 is 18.5. The van der Waals surface area contributed by atoms with Crippen molar-refractivity contribution in [2.24, 2.45) is 0 Å². The van der Waals surface area contributed by atoms with Gasteiger partial charge in [0.1, 0.15) is 11.2 Å². The Morgan fingerprint density at radius 1 is 0.321 bits per heavy atom. The van der Waals surface area contributed by atoms with E-state index in [0.29, 0.717) is 0 Å². The molecule has 0 spiro atoms. The zero-order valence-electron chi connectivity index (χ0n) is 29.2. The lowest BCUT2D eigenvalue weighted by atomic mass is 9.84. The van der Waals surface area contributed by atoms with Crippen molar-refractivity contribution in [3.63, 3.8) is 0 Å². The van der Waals surface area contributed by atoms with Crippen LogP contribution in [0.3, 0.4) is 0 Å². The molecular formula is C50H32O3. The second-order valence-electron chi connectivity index (χ2n) is 14.1. The number of hydrogen-bond acceptors (Lipinski definition) is 3. The number of para-hydroxylation sites is 1. The van der Waals surface area contributed by atoms with Crippen molar-refractivity contribution in [1.82, 2.24) is 0 Å². The van der Waals surface area contributed by atoms with Gasteiger partial charge in [-0.25, -0.2) is 0 Å². The SMILES string of the molecule is Cc1cocc1-c1c2ccccc2c(-c2cccc3c2oc2cccc(-c4c5ccccc5c(-c5cocc5C)c5ccccc45)c23)c2ccccc12. The predicted octanol–water partition coefficient (Wildman–Crippen LogP) is 14.7. The fraction of sp³-hybridized carbons (Fsp3) is 0.0400. The summed E-state index contributed by atoms with van der Waals surface area (Å²) in [6, 6.07) is 48.1. The van der Waals surface area contributed by atoms with Gasteiger partial charge in [0.2, 0.25) is 0 Å². The van der Waals surface area contributed by atoms with E-state index in [1.165, 1.54) is 65.3 Å². The topological polar surface area (TPSA) is 39.4 Å². The summed E-state index contributed by atoms with van der Waals surface area (Å²) in [6.07, 6.45) is 7.42. The van der Waals surface area contributed by atoms with E-state index in [1.54, 1.807) is 0 Å². The third kappa shape index (κ3) is 4.22. The van der Waals surface area contributed by atoms with Gasteiger partial charge >= 0.3 is 0 Å². The molecule has 3 aromatic heterocycles. The lowest BCUT2D eigenvalue weighted by Gasteiger charge is -2.18. The molecule has 0 aliphatic heterocycles. The van der Waals surface area contributed by atoms with Crippen LogP contribution in [0.15, 0.2) is 172 Å². The third-order valence-electron chi connectivity index (χ3n) is 11.2. The minimum atomic E-state index is 0.868. The average Bonchev–Trinajstić information content (AvgIpc) is 3.94. The van der Waals surface area contributed by atoms with E-state index in [2.05, 4.69) is 147 Å². The van der Waals surface area contributed by atoms with E-state index < -0.39 is 0 Å². The van der Waals surface area contributed by atoms with E-state index >= 15 is 0 Å². The summed E-state index contributed by atoms with van der Waals surface area (Å²) in [4.78, 5) is 0. The molecule has 0 saturated heterocycles. The number of furan rings is 3. The van der Waals surface area contributed by atoms with Gasteiger partial charge in [0.15, 0.2) is 0 Å². The monoisotopic (exact) mass is 680 g/mol. The lowest BCUT2D eigenvalue weighted by molar-refractivity contribution is 0.566. The maximum Gasteiger partial charge on any atom is 0.143 e. The Labute approximate surface area is 305 Å². The highest BCUT2D eigenvalue weighted by Crippen LogP contribution is 2.50. The van der Waals surface area contributed by atoms with Crippen LogP contribution in [0.2, 0.25) is 0 Å². The van der Waals surface area contributed by atoms with Crippen molar-refractivity contribution in [2.75, 3.05) is 0 Å². The molecule has 0 bridgehead atoms. The number of aryl methyl sites for hydroxylation is 2. The Morgan fingerprint density at radius 2 is 0.679 bits per heavy atom. The van der Waals surface area contributed by atoms with E-state index in [4.69, 9.17) is 13.3 Å². The molecule has 0 aliphatic carbocycles. The molecule has 0 N–H and O–H groups in total. The summed E-state index contributed by atoms with van der Waals surface area (Å²) in [5, 5.41) is 11.7. The van der Waals surface area contributed by atoms with Crippen molar-refractivity contribution in [3.8, 4) is 44.5 Å². The molecule has 250 valence electrons. The maximum absolute atomic E-state index is 7.01. The van der Waals surface area contributed by atoms with Crippen LogP contribution in [0, 0.1) is 13.8 Å².